The lowest BCUT2D eigenvalue weighted by Gasteiger charge is -2.29. The Balaban J connectivity index is 1.70. The van der Waals surface area contributed by atoms with E-state index >= 15 is 0 Å². The summed E-state index contributed by atoms with van der Waals surface area (Å²) in [6, 6.07) is 16.8. The van der Waals surface area contributed by atoms with Gasteiger partial charge in [-0.05, 0) is 36.5 Å². The second-order valence-corrected chi connectivity index (χ2v) is 6.76. The van der Waals surface area contributed by atoms with E-state index in [4.69, 9.17) is 0 Å². The van der Waals surface area contributed by atoms with Crippen molar-refractivity contribution in [3.05, 3.63) is 95.1 Å². The van der Waals surface area contributed by atoms with Crippen molar-refractivity contribution in [2.24, 2.45) is 0 Å². The normalized spacial score (nSPS) is 15.5. The molecule has 2 aromatic carbocycles. The molecule has 3 aromatic rings. The zero-order valence-corrected chi connectivity index (χ0v) is 14.8. The van der Waals surface area contributed by atoms with Gasteiger partial charge in [-0.2, -0.15) is 0 Å². The average Bonchev–Trinajstić information content (AvgIpc) is 3.12. The van der Waals surface area contributed by atoms with Crippen molar-refractivity contribution in [1.29, 1.82) is 0 Å². The molecule has 0 bridgehead atoms. The first-order valence-electron chi connectivity index (χ1n) is 8.93. The lowest BCUT2D eigenvalue weighted by molar-refractivity contribution is 0.0651. The summed E-state index contributed by atoms with van der Waals surface area (Å²) in [5.74, 6) is -0.0691. The van der Waals surface area contributed by atoms with Crippen molar-refractivity contribution in [1.82, 2.24) is 14.9 Å². The van der Waals surface area contributed by atoms with Crippen LogP contribution in [0.3, 0.4) is 0 Å². The van der Waals surface area contributed by atoms with Crippen LogP contribution in [-0.4, -0.2) is 20.8 Å². The molecule has 0 saturated carbocycles. The minimum atomic E-state index is -0.0691. The number of rotatable bonds is 4. The van der Waals surface area contributed by atoms with E-state index in [-0.39, 0.29) is 11.9 Å². The van der Waals surface area contributed by atoms with E-state index in [0.29, 0.717) is 12.2 Å². The molecule has 26 heavy (non-hydrogen) atoms. The van der Waals surface area contributed by atoms with Crippen LogP contribution in [0.4, 0.5) is 0 Å². The number of benzene rings is 2. The zero-order valence-electron chi connectivity index (χ0n) is 14.8. The van der Waals surface area contributed by atoms with E-state index in [1.54, 1.807) is 18.6 Å². The van der Waals surface area contributed by atoms with Crippen LogP contribution in [0.25, 0.3) is 0 Å². The fourth-order valence-corrected chi connectivity index (χ4v) is 3.63. The maximum Gasteiger partial charge on any atom is 0.274 e. The molecule has 4 heteroatoms. The van der Waals surface area contributed by atoms with Gasteiger partial charge in [-0.15, -0.1) is 0 Å². The van der Waals surface area contributed by atoms with Gasteiger partial charge >= 0.3 is 0 Å². The van der Waals surface area contributed by atoms with Crippen molar-refractivity contribution >= 4 is 5.91 Å². The van der Waals surface area contributed by atoms with Gasteiger partial charge in [0.15, 0.2) is 0 Å². The SMILES string of the molecule is Cc1ccc(CN(C(=O)c2cnccn2)C2CCc3ccccc32)cc1. The van der Waals surface area contributed by atoms with Gasteiger partial charge in [-0.3, -0.25) is 9.78 Å². The second-order valence-electron chi connectivity index (χ2n) is 6.76. The minimum absolute atomic E-state index is 0.0691. The summed E-state index contributed by atoms with van der Waals surface area (Å²) in [5.41, 5.74) is 5.31. The third-order valence-electron chi connectivity index (χ3n) is 4.99. The number of hydrogen-bond donors (Lipinski definition) is 0. The number of fused-ring (bicyclic) bond motifs is 1. The first-order valence-corrected chi connectivity index (χ1v) is 8.93. The Bertz CT molecular complexity index is 906. The summed E-state index contributed by atoms with van der Waals surface area (Å²) in [6.45, 7) is 2.63. The Morgan fingerprint density at radius 3 is 2.69 bits per heavy atom. The predicted molar refractivity (Wildman–Crippen MR) is 101 cm³/mol. The summed E-state index contributed by atoms with van der Waals surface area (Å²) in [7, 11) is 0. The van der Waals surface area contributed by atoms with Crippen LogP contribution in [0.5, 0.6) is 0 Å². The summed E-state index contributed by atoms with van der Waals surface area (Å²) in [5, 5.41) is 0. The van der Waals surface area contributed by atoms with Crippen LogP contribution < -0.4 is 0 Å². The molecule has 1 aliphatic rings. The molecule has 130 valence electrons. The zero-order chi connectivity index (χ0) is 17.9. The molecule has 1 atom stereocenters. The van der Waals surface area contributed by atoms with E-state index in [9.17, 15) is 4.79 Å². The molecule has 1 aliphatic carbocycles. The largest absolute Gasteiger partial charge is 0.326 e. The summed E-state index contributed by atoms with van der Waals surface area (Å²) >= 11 is 0. The van der Waals surface area contributed by atoms with Crippen molar-refractivity contribution in [2.45, 2.75) is 32.4 Å². The van der Waals surface area contributed by atoms with Crippen molar-refractivity contribution in [3.8, 4) is 0 Å². The first-order chi connectivity index (χ1) is 12.7. The summed E-state index contributed by atoms with van der Waals surface area (Å²) < 4.78 is 0. The number of carbonyl (C=O) groups excluding carboxylic acids is 1. The van der Waals surface area contributed by atoms with Crippen LogP contribution in [0.15, 0.2) is 67.1 Å². The number of hydrogen-bond acceptors (Lipinski definition) is 3. The highest BCUT2D eigenvalue weighted by Gasteiger charge is 2.32. The van der Waals surface area contributed by atoms with Crippen LogP contribution in [-0.2, 0) is 13.0 Å². The molecule has 4 nitrogen and oxygen atoms in total. The Morgan fingerprint density at radius 2 is 1.92 bits per heavy atom. The molecule has 0 N–H and O–H groups in total. The van der Waals surface area contributed by atoms with Gasteiger partial charge in [-0.1, -0.05) is 54.1 Å². The molecule has 1 heterocycles. The predicted octanol–water partition coefficient (Wildman–Crippen LogP) is 4.11. The van der Waals surface area contributed by atoms with E-state index in [1.165, 1.54) is 16.7 Å². The Hall–Kier alpha value is -3.01. The molecule has 0 fully saturated rings. The van der Waals surface area contributed by atoms with E-state index in [2.05, 4.69) is 59.4 Å². The van der Waals surface area contributed by atoms with Crippen LogP contribution >= 0.6 is 0 Å². The van der Waals surface area contributed by atoms with Crippen LogP contribution in [0.1, 0.15) is 45.2 Å². The molecular formula is C22H21N3O. The average molecular weight is 343 g/mol. The molecule has 1 aromatic heterocycles. The first kappa shape index (κ1) is 16.5. The number of aromatic nitrogens is 2. The standard InChI is InChI=1S/C22H21N3O/c1-16-6-8-17(9-7-16)15-25(22(26)20-14-23-12-13-24-20)21-11-10-18-4-2-3-5-19(18)21/h2-9,12-14,21H,10-11,15H2,1H3. The summed E-state index contributed by atoms with van der Waals surface area (Å²) in [6.07, 6.45) is 6.65. The van der Waals surface area contributed by atoms with Gasteiger partial charge in [0.1, 0.15) is 5.69 Å². The maximum absolute atomic E-state index is 13.2. The molecule has 0 aliphatic heterocycles. The van der Waals surface area contributed by atoms with Gasteiger partial charge in [0.05, 0.1) is 12.2 Å². The topological polar surface area (TPSA) is 46.1 Å². The third kappa shape index (κ3) is 3.23. The Labute approximate surface area is 153 Å². The van der Waals surface area contributed by atoms with Gasteiger partial charge in [-0.25, -0.2) is 4.98 Å². The van der Waals surface area contributed by atoms with E-state index in [0.717, 1.165) is 18.4 Å². The molecule has 4 rings (SSSR count). The van der Waals surface area contributed by atoms with Crippen molar-refractivity contribution in [2.75, 3.05) is 0 Å². The second kappa shape index (κ2) is 7.08. The number of amides is 1. The minimum Gasteiger partial charge on any atom is -0.326 e. The van der Waals surface area contributed by atoms with Gasteiger partial charge in [0.2, 0.25) is 0 Å². The fraction of sp³-hybridized carbons (Fsp3) is 0.227. The van der Waals surface area contributed by atoms with Crippen LogP contribution in [0, 0.1) is 6.92 Å². The van der Waals surface area contributed by atoms with Gasteiger partial charge < -0.3 is 4.90 Å². The monoisotopic (exact) mass is 343 g/mol. The highest BCUT2D eigenvalue weighted by Crippen LogP contribution is 2.37. The maximum atomic E-state index is 13.2. The highest BCUT2D eigenvalue weighted by atomic mass is 16.2. The lowest BCUT2D eigenvalue weighted by Crippen LogP contribution is -2.34. The molecule has 1 amide bonds. The molecule has 0 radical (unpaired) electrons. The number of nitrogens with zero attached hydrogens (tertiary/aromatic N) is 3. The van der Waals surface area contributed by atoms with Crippen molar-refractivity contribution < 1.29 is 4.79 Å². The number of aryl methyl sites for hydroxylation is 2. The highest BCUT2D eigenvalue weighted by molar-refractivity contribution is 5.92. The fourth-order valence-electron chi connectivity index (χ4n) is 3.63. The molecule has 1 unspecified atom stereocenters. The molecule has 0 spiro atoms. The third-order valence-corrected chi connectivity index (χ3v) is 4.99. The lowest BCUT2D eigenvalue weighted by atomic mass is 10.0. The van der Waals surface area contributed by atoms with Gasteiger partial charge in [0, 0.05) is 18.9 Å². The smallest absolute Gasteiger partial charge is 0.274 e. The quantitative estimate of drug-likeness (QED) is 0.716. The van der Waals surface area contributed by atoms with E-state index < -0.39 is 0 Å². The number of carbonyl (C=O) groups is 1. The van der Waals surface area contributed by atoms with Gasteiger partial charge in [0.25, 0.3) is 5.91 Å². The molecular weight excluding hydrogens is 322 g/mol. The molecule has 0 saturated heterocycles. The van der Waals surface area contributed by atoms with E-state index in [1.807, 2.05) is 11.0 Å². The Morgan fingerprint density at radius 1 is 1.12 bits per heavy atom. The Kier molecular flexibility index (Phi) is 4.48. The summed E-state index contributed by atoms with van der Waals surface area (Å²) in [4.78, 5) is 23.5. The van der Waals surface area contributed by atoms with Crippen molar-refractivity contribution in [3.63, 3.8) is 0 Å². The van der Waals surface area contributed by atoms with Crippen LogP contribution in [0.2, 0.25) is 0 Å².